The Kier molecular flexibility index (Phi) is 7.83. The molecule has 3 rings (SSSR count). The molecule has 0 bridgehead atoms. The summed E-state index contributed by atoms with van der Waals surface area (Å²) in [6.45, 7) is 2.01. The summed E-state index contributed by atoms with van der Waals surface area (Å²) in [6.07, 6.45) is 0.772. The highest BCUT2D eigenvalue weighted by Crippen LogP contribution is 2.25. The van der Waals surface area contributed by atoms with Gasteiger partial charge in [0.15, 0.2) is 5.69 Å². The molecule has 0 amide bonds. The predicted octanol–water partition coefficient (Wildman–Crippen LogP) is -0.801. The summed E-state index contributed by atoms with van der Waals surface area (Å²) >= 11 is 0. The van der Waals surface area contributed by atoms with Gasteiger partial charge in [0.1, 0.15) is 0 Å². The fourth-order valence-corrected chi connectivity index (χ4v) is 2.94. The Labute approximate surface area is 170 Å². The largest absolute Gasteiger partial charge is 0.477 e. The second kappa shape index (κ2) is 10.1. The second-order valence-electron chi connectivity index (χ2n) is 6.06. The lowest BCUT2D eigenvalue weighted by Crippen LogP contribution is -2.68. The molecule has 3 aromatic rings. The van der Waals surface area contributed by atoms with E-state index < -0.39 is 16.2 Å². The number of aliphatic carboxylic acids is 1. The first-order valence-corrected chi connectivity index (χ1v) is 9.93. The third-order valence-corrected chi connectivity index (χ3v) is 4.08. The molecule has 0 aliphatic carbocycles. The van der Waals surface area contributed by atoms with Gasteiger partial charge in [-0.25, -0.2) is 23.4 Å². The molecular formula is C21H20ClNO6. The number of aryl methyl sites for hydroxylation is 1. The van der Waals surface area contributed by atoms with Gasteiger partial charge in [-0.3, -0.25) is 0 Å². The quantitative estimate of drug-likeness (QED) is 0.540. The molecule has 2 aromatic carbocycles. The molecule has 1 N–H and O–H groups in total. The summed E-state index contributed by atoms with van der Waals surface area (Å²) < 4.78 is 35.9. The summed E-state index contributed by atoms with van der Waals surface area (Å²) in [5.41, 5.74) is 5.19. The number of aromatic nitrogens is 1. The van der Waals surface area contributed by atoms with Gasteiger partial charge in [-0.1, -0.05) is 55.5 Å². The van der Waals surface area contributed by atoms with Crippen LogP contribution in [0.15, 0.2) is 72.8 Å². The van der Waals surface area contributed by atoms with Crippen molar-refractivity contribution in [3.8, 4) is 22.4 Å². The number of hydrogen-bond donors (Lipinski definition) is 1. The van der Waals surface area contributed by atoms with Crippen molar-refractivity contribution < 1.29 is 43.3 Å². The van der Waals surface area contributed by atoms with Crippen LogP contribution in [0.25, 0.3) is 22.4 Å². The molecule has 0 spiro atoms. The maximum Gasteiger partial charge on any atom is 0.370 e. The molecule has 8 heteroatoms. The van der Waals surface area contributed by atoms with Crippen LogP contribution in [-0.4, -0.2) is 11.1 Å². The van der Waals surface area contributed by atoms with Crippen molar-refractivity contribution in [1.82, 2.24) is 0 Å². The Morgan fingerprint density at radius 2 is 1.34 bits per heavy atom. The van der Waals surface area contributed by atoms with Gasteiger partial charge >= 0.3 is 5.97 Å². The molecule has 0 atom stereocenters. The van der Waals surface area contributed by atoms with E-state index in [1.54, 1.807) is 0 Å². The van der Waals surface area contributed by atoms with Gasteiger partial charge in [-0.2, -0.15) is 4.57 Å². The maximum atomic E-state index is 11.4. The first-order valence-electron chi connectivity index (χ1n) is 8.70. The average molecular weight is 418 g/mol. The van der Waals surface area contributed by atoms with Gasteiger partial charge in [0, 0.05) is 24.1 Å². The molecule has 0 aliphatic rings. The van der Waals surface area contributed by atoms with Crippen LogP contribution in [0.2, 0.25) is 0 Å². The van der Waals surface area contributed by atoms with Gasteiger partial charge in [-0.15, -0.1) is 10.2 Å². The Morgan fingerprint density at radius 1 is 0.862 bits per heavy atom. The summed E-state index contributed by atoms with van der Waals surface area (Å²) in [4.78, 5) is 11.4. The van der Waals surface area contributed by atoms with E-state index in [1.165, 1.54) is 0 Å². The zero-order chi connectivity index (χ0) is 21.4. The highest BCUT2D eigenvalue weighted by atomic mass is 35.7. The van der Waals surface area contributed by atoms with Crippen LogP contribution < -0.4 is 23.2 Å². The van der Waals surface area contributed by atoms with E-state index in [0.29, 0.717) is 0 Å². The van der Waals surface area contributed by atoms with Gasteiger partial charge < -0.3 is 5.11 Å². The van der Waals surface area contributed by atoms with Crippen molar-refractivity contribution >= 4 is 5.97 Å². The minimum atomic E-state index is -4.94. The van der Waals surface area contributed by atoms with E-state index in [0.717, 1.165) is 34.5 Å². The van der Waals surface area contributed by atoms with Crippen molar-refractivity contribution in [2.24, 2.45) is 0 Å². The minimum Gasteiger partial charge on any atom is -0.477 e. The number of carboxylic acids is 1. The van der Waals surface area contributed by atoms with Crippen LogP contribution in [0.3, 0.4) is 0 Å². The van der Waals surface area contributed by atoms with Gasteiger partial charge in [0.25, 0.3) is 0 Å². The first-order chi connectivity index (χ1) is 13.7. The lowest BCUT2D eigenvalue weighted by molar-refractivity contribution is -2.00. The van der Waals surface area contributed by atoms with E-state index in [9.17, 15) is 9.90 Å². The Hall–Kier alpha value is -2.81. The Bertz CT molecular complexity index is 937. The zero-order valence-corrected chi connectivity index (χ0v) is 16.4. The molecule has 1 aromatic heterocycles. The van der Waals surface area contributed by atoms with E-state index in [1.807, 2.05) is 53.1 Å². The topological polar surface area (TPSA) is 133 Å². The number of rotatable bonds is 5. The first kappa shape index (κ1) is 22.5. The minimum absolute atomic E-state index is 0.0392. The van der Waals surface area contributed by atoms with Crippen molar-refractivity contribution in [1.29, 1.82) is 0 Å². The smallest absolute Gasteiger partial charge is 0.370 e. The highest BCUT2D eigenvalue weighted by molar-refractivity contribution is 5.70. The molecule has 0 unspecified atom stereocenters. The number of carbonyl (C=O) groups is 1. The van der Waals surface area contributed by atoms with Crippen LogP contribution in [0.5, 0.6) is 0 Å². The number of halogens is 1. The van der Waals surface area contributed by atoms with Crippen molar-refractivity contribution in [3.05, 3.63) is 78.5 Å². The highest BCUT2D eigenvalue weighted by Gasteiger charge is 2.22. The van der Waals surface area contributed by atoms with Crippen LogP contribution >= 0.6 is 0 Å². The molecule has 0 radical (unpaired) electrons. The lowest BCUT2D eigenvalue weighted by atomic mass is 10.0. The second-order valence-corrected chi connectivity index (χ2v) is 6.82. The van der Waals surface area contributed by atoms with Gasteiger partial charge in [-0.05, 0) is 23.3 Å². The normalized spacial score (nSPS) is 10.8. The number of nitrogens with zero attached hydrogens (tertiary/aromatic N) is 1. The number of hydrogen-bond acceptors (Lipinski definition) is 5. The van der Waals surface area contributed by atoms with Crippen LogP contribution in [-0.2, 0) is 17.8 Å². The molecule has 1 heterocycles. The standard InChI is InChI=1S/C21H19NO2.ClHO4/c1-2-19-13-18(16-9-5-3-6-10-16)14-20(22(19)15-21(23)24)17-11-7-4-8-12-17;2-1(3,4)5/h3-14H,2,15H2,1H3;(H,2,3,4,5). The molecule has 29 heavy (non-hydrogen) atoms. The number of benzene rings is 2. The molecule has 0 saturated carbocycles. The maximum absolute atomic E-state index is 11.4. The predicted molar refractivity (Wildman–Crippen MR) is 94.5 cm³/mol. The molecule has 0 fully saturated rings. The monoisotopic (exact) mass is 417 g/mol. The summed E-state index contributed by atoms with van der Waals surface area (Å²) in [6, 6.07) is 24.3. The summed E-state index contributed by atoms with van der Waals surface area (Å²) in [7, 11) is -4.94. The molecule has 0 aliphatic heterocycles. The third kappa shape index (κ3) is 7.26. The average Bonchev–Trinajstić information content (AvgIpc) is 2.68. The third-order valence-electron chi connectivity index (χ3n) is 4.08. The summed E-state index contributed by atoms with van der Waals surface area (Å²) in [5, 5.41) is 9.32. The van der Waals surface area contributed by atoms with Crippen molar-refractivity contribution in [2.75, 3.05) is 0 Å². The van der Waals surface area contributed by atoms with Gasteiger partial charge in [0.2, 0.25) is 12.2 Å². The van der Waals surface area contributed by atoms with E-state index in [2.05, 4.69) is 31.2 Å². The van der Waals surface area contributed by atoms with Gasteiger partial charge in [0.05, 0.1) is 0 Å². The molecule has 152 valence electrons. The van der Waals surface area contributed by atoms with Crippen LogP contribution in [0.1, 0.15) is 12.6 Å². The van der Waals surface area contributed by atoms with Crippen LogP contribution in [0, 0.1) is 10.2 Å². The van der Waals surface area contributed by atoms with Crippen molar-refractivity contribution in [3.63, 3.8) is 0 Å². The van der Waals surface area contributed by atoms with E-state index in [4.69, 9.17) is 18.6 Å². The Morgan fingerprint density at radius 3 is 1.79 bits per heavy atom. The molecule has 0 saturated heterocycles. The molecular weight excluding hydrogens is 398 g/mol. The van der Waals surface area contributed by atoms with Crippen LogP contribution in [0.4, 0.5) is 0 Å². The molecule has 7 nitrogen and oxygen atoms in total. The Balaban J connectivity index is 0.000000537. The lowest BCUT2D eigenvalue weighted by Gasteiger charge is -2.17. The summed E-state index contributed by atoms with van der Waals surface area (Å²) in [5.74, 6) is -0.834. The fraction of sp³-hybridized carbons (Fsp3) is 0.143. The van der Waals surface area contributed by atoms with Crippen molar-refractivity contribution in [2.45, 2.75) is 19.9 Å². The van der Waals surface area contributed by atoms with E-state index >= 15 is 0 Å². The number of pyridine rings is 1. The number of carboxylic acid groups (broad SMARTS) is 1. The fourth-order valence-electron chi connectivity index (χ4n) is 2.94. The zero-order valence-electron chi connectivity index (χ0n) is 15.7. The van der Waals surface area contributed by atoms with E-state index in [-0.39, 0.29) is 6.54 Å². The SMILES string of the molecule is CCc1cc(-c2ccccc2)cc(-c2ccccc2)[n+]1CC(=O)O.[O-][Cl+3]([O-])([O-])[O-].